The number of nitrogens with one attached hydrogen (secondary N) is 1. The normalized spacial score (nSPS) is 14.2. The number of piperazine rings is 1. The predicted octanol–water partition coefficient (Wildman–Crippen LogP) is 6.39. The summed E-state index contributed by atoms with van der Waals surface area (Å²) in [6, 6.07) is 37.7. The van der Waals surface area contributed by atoms with Gasteiger partial charge in [0.1, 0.15) is 11.4 Å². The van der Waals surface area contributed by atoms with Crippen LogP contribution >= 0.6 is 0 Å². The van der Waals surface area contributed by atoms with Gasteiger partial charge in [-0.2, -0.15) is 0 Å². The van der Waals surface area contributed by atoms with Crippen molar-refractivity contribution >= 4 is 16.8 Å². The number of carbonyl (C=O) groups is 1. The molecule has 0 unspecified atom stereocenters. The molecule has 1 N–H and O–H groups in total. The lowest BCUT2D eigenvalue weighted by molar-refractivity contribution is 0.0592. The lowest BCUT2D eigenvalue weighted by Gasteiger charge is -2.39. The van der Waals surface area contributed by atoms with Crippen molar-refractivity contribution in [1.82, 2.24) is 14.8 Å². The Morgan fingerprint density at radius 2 is 1.34 bits per heavy atom. The van der Waals surface area contributed by atoms with Crippen LogP contribution in [-0.2, 0) is 0 Å². The maximum Gasteiger partial charge on any atom is 0.270 e. The van der Waals surface area contributed by atoms with Crippen LogP contribution in [0, 0.1) is 0 Å². The molecule has 2 heterocycles. The number of ether oxygens (including phenoxy) is 1. The second kappa shape index (κ2) is 10.6. The van der Waals surface area contributed by atoms with Crippen LogP contribution in [0.4, 0.5) is 0 Å². The summed E-state index contributed by atoms with van der Waals surface area (Å²) in [6.45, 7) is 3.03. The van der Waals surface area contributed by atoms with E-state index in [1.54, 1.807) is 7.11 Å². The van der Waals surface area contributed by atoms with E-state index >= 15 is 0 Å². The van der Waals surface area contributed by atoms with Crippen molar-refractivity contribution in [3.8, 4) is 16.9 Å². The highest BCUT2D eigenvalue weighted by atomic mass is 16.5. The van der Waals surface area contributed by atoms with Crippen molar-refractivity contribution in [2.24, 2.45) is 0 Å². The molecule has 1 saturated heterocycles. The molecule has 0 bridgehead atoms. The molecule has 4 aromatic carbocycles. The van der Waals surface area contributed by atoms with Gasteiger partial charge in [-0.15, -0.1) is 0 Å². The van der Waals surface area contributed by atoms with Crippen LogP contribution in [0.2, 0.25) is 0 Å². The topological polar surface area (TPSA) is 48.6 Å². The number of methoxy groups -OCH3 is 1. The van der Waals surface area contributed by atoms with Crippen LogP contribution in [0.1, 0.15) is 27.7 Å². The van der Waals surface area contributed by atoms with E-state index in [4.69, 9.17) is 4.74 Å². The van der Waals surface area contributed by atoms with E-state index in [0.717, 1.165) is 40.9 Å². The number of aromatic nitrogens is 1. The molecule has 1 aliphatic heterocycles. The molecule has 1 aromatic heterocycles. The van der Waals surface area contributed by atoms with Crippen LogP contribution in [0.25, 0.3) is 22.0 Å². The number of aromatic amines is 1. The third kappa shape index (κ3) is 4.81. The Bertz CT molecular complexity index is 1480. The number of hydrogen-bond acceptors (Lipinski definition) is 3. The molecule has 38 heavy (non-hydrogen) atoms. The standard InChI is InChI=1S/C33H31N3O2/c1-38-29-15-12-24(13-16-29)27-14-17-30-28(22-27)23-31(34-30)33(37)36-20-18-35(19-21-36)32(25-8-4-2-5-9-25)26-10-6-3-7-11-26/h2-17,22-23,32,34H,18-21H2,1H3. The minimum Gasteiger partial charge on any atom is -0.497 e. The zero-order valence-corrected chi connectivity index (χ0v) is 21.5. The van der Waals surface area contributed by atoms with Gasteiger partial charge < -0.3 is 14.6 Å². The zero-order chi connectivity index (χ0) is 25.9. The molecule has 0 atom stereocenters. The largest absolute Gasteiger partial charge is 0.497 e. The summed E-state index contributed by atoms with van der Waals surface area (Å²) in [4.78, 5) is 21.3. The van der Waals surface area contributed by atoms with Gasteiger partial charge >= 0.3 is 0 Å². The smallest absolute Gasteiger partial charge is 0.270 e. The zero-order valence-electron chi connectivity index (χ0n) is 21.5. The van der Waals surface area contributed by atoms with Crippen molar-refractivity contribution in [3.05, 3.63) is 126 Å². The van der Waals surface area contributed by atoms with E-state index in [9.17, 15) is 4.79 Å². The average molecular weight is 502 g/mol. The molecule has 1 amide bonds. The number of amides is 1. The lowest BCUT2D eigenvalue weighted by Crippen LogP contribution is -2.50. The van der Waals surface area contributed by atoms with Gasteiger partial charge in [-0.05, 0) is 52.6 Å². The fourth-order valence-corrected chi connectivity index (χ4v) is 5.45. The Kier molecular flexibility index (Phi) is 6.67. The molecule has 190 valence electrons. The maximum absolute atomic E-state index is 13.5. The summed E-state index contributed by atoms with van der Waals surface area (Å²) < 4.78 is 5.28. The molecule has 1 aliphatic rings. The number of benzene rings is 4. The molecule has 5 aromatic rings. The molecule has 1 fully saturated rings. The maximum atomic E-state index is 13.5. The Labute approximate surface area is 223 Å². The third-order valence-corrected chi connectivity index (χ3v) is 7.47. The molecule has 0 aliphatic carbocycles. The first-order valence-electron chi connectivity index (χ1n) is 13.1. The molecular weight excluding hydrogens is 470 g/mol. The SMILES string of the molecule is COc1ccc(-c2ccc3[nH]c(C(=O)N4CCN(C(c5ccccc5)c5ccccc5)CC4)cc3c2)cc1. The third-order valence-electron chi connectivity index (χ3n) is 7.47. The Morgan fingerprint density at radius 3 is 1.95 bits per heavy atom. The Hall–Kier alpha value is -4.35. The highest BCUT2D eigenvalue weighted by molar-refractivity contribution is 5.99. The van der Waals surface area contributed by atoms with Crippen LogP contribution in [0.3, 0.4) is 0 Å². The van der Waals surface area contributed by atoms with Crippen molar-refractivity contribution in [1.29, 1.82) is 0 Å². The summed E-state index contributed by atoms with van der Waals surface area (Å²) in [5, 5.41) is 1.04. The second-order valence-corrected chi connectivity index (χ2v) is 9.77. The van der Waals surface area contributed by atoms with Crippen LogP contribution < -0.4 is 4.74 Å². The summed E-state index contributed by atoms with van der Waals surface area (Å²) in [5.41, 5.74) is 6.40. The lowest BCUT2D eigenvalue weighted by atomic mass is 9.96. The van der Waals surface area contributed by atoms with Gasteiger partial charge in [-0.1, -0.05) is 78.9 Å². The minimum absolute atomic E-state index is 0.0582. The number of hydrogen-bond donors (Lipinski definition) is 1. The summed E-state index contributed by atoms with van der Waals surface area (Å²) in [6.07, 6.45) is 0. The Balaban J connectivity index is 1.18. The molecular formula is C33H31N3O2. The first kappa shape index (κ1) is 24.0. The summed E-state index contributed by atoms with van der Waals surface area (Å²) >= 11 is 0. The van der Waals surface area contributed by atoms with Gasteiger partial charge in [0.2, 0.25) is 0 Å². The molecule has 0 saturated carbocycles. The molecule has 0 radical (unpaired) electrons. The number of H-pyrrole nitrogens is 1. The fraction of sp³-hybridized carbons (Fsp3) is 0.182. The van der Waals surface area contributed by atoms with Gasteiger partial charge in [0.05, 0.1) is 13.2 Å². The average Bonchev–Trinajstić information content (AvgIpc) is 3.42. The van der Waals surface area contributed by atoms with Crippen LogP contribution in [0.5, 0.6) is 5.75 Å². The first-order valence-corrected chi connectivity index (χ1v) is 13.1. The second-order valence-electron chi connectivity index (χ2n) is 9.77. The molecule has 0 spiro atoms. The number of rotatable bonds is 6. The summed E-state index contributed by atoms with van der Waals surface area (Å²) in [5.74, 6) is 0.895. The van der Waals surface area contributed by atoms with E-state index in [1.807, 2.05) is 29.2 Å². The van der Waals surface area contributed by atoms with Gasteiger partial charge in [-0.3, -0.25) is 9.69 Å². The quantitative estimate of drug-likeness (QED) is 0.293. The minimum atomic E-state index is 0.0582. The van der Waals surface area contributed by atoms with Gasteiger partial charge in [0, 0.05) is 37.1 Å². The molecule has 5 heteroatoms. The number of nitrogens with zero attached hydrogens (tertiary/aromatic N) is 2. The van der Waals surface area contributed by atoms with E-state index in [1.165, 1.54) is 11.1 Å². The number of fused-ring (bicyclic) bond motifs is 1. The highest BCUT2D eigenvalue weighted by Gasteiger charge is 2.29. The van der Waals surface area contributed by atoms with E-state index < -0.39 is 0 Å². The van der Waals surface area contributed by atoms with Crippen LogP contribution in [0.15, 0.2) is 109 Å². The number of carbonyl (C=O) groups excluding carboxylic acids is 1. The first-order chi connectivity index (χ1) is 18.7. The summed E-state index contributed by atoms with van der Waals surface area (Å²) in [7, 11) is 1.67. The predicted molar refractivity (Wildman–Crippen MR) is 152 cm³/mol. The van der Waals surface area contributed by atoms with Gasteiger partial charge in [0.15, 0.2) is 0 Å². The highest BCUT2D eigenvalue weighted by Crippen LogP contribution is 2.30. The van der Waals surface area contributed by atoms with Gasteiger partial charge in [-0.25, -0.2) is 0 Å². The fourth-order valence-electron chi connectivity index (χ4n) is 5.45. The molecule has 5 nitrogen and oxygen atoms in total. The van der Waals surface area contributed by atoms with Crippen molar-refractivity contribution in [2.75, 3.05) is 33.3 Å². The van der Waals surface area contributed by atoms with E-state index in [0.29, 0.717) is 18.8 Å². The van der Waals surface area contributed by atoms with Crippen molar-refractivity contribution in [2.45, 2.75) is 6.04 Å². The molecule has 6 rings (SSSR count). The monoisotopic (exact) mass is 501 g/mol. The van der Waals surface area contributed by atoms with E-state index in [-0.39, 0.29) is 11.9 Å². The Morgan fingerprint density at radius 1 is 0.737 bits per heavy atom. The van der Waals surface area contributed by atoms with Crippen LogP contribution in [-0.4, -0.2) is 54.0 Å². The van der Waals surface area contributed by atoms with Gasteiger partial charge in [0.25, 0.3) is 5.91 Å². The van der Waals surface area contributed by atoms with E-state index in [2.05, 4.69) is 94.8 Å². The van der Waals surface area contributed by atoms with Crippen molar-refractivity contribution < 1.29 is 9.53 Å². The van der Waals surface area contributed by atoms with Crippen molar-refractivity contribution in [3.63, 3.8) is 0 Å².